The van der Waals surface area contributed by atoms with Gasteiger partial charge in [-0.2, -0.15) is 0 Å². The highest BCUT2D eigenvalue weighted by atomic mass is 14.9. The van der Waals surface area contributed by atoms with Crippen molar-refractivity contribution in [2.75, 3.05) is 0 Å². The average Bonchev–Trinajstić information content (AvgIpc) is 2.72. The van der Waals surface area contributed by atoms with Gasteiger partial charge in [0.1, 0.15) is 0 Å². The Morgan fingerprint density at radius 3 is 2.54 bits per heavy atom. The van der Waals surface area contributed by atoms with Gasteiger partial charge in [0.25, 0.3) is 0 Å². The summed E-state index contributed by atoms with van der Waals surface area (Å²) < 4.78 is 0. The minimum absolute atomic E-state index is 0.734. The van der Waals surface area contributed by atoms with E-state index in [1.165, 1.54) is 25.7 Å². The molecule has 26 heavy (non-hydrogen) atoms. The van der Waals surface area contributed by atoms with Gasteiger partial charge in [0.2, 0.25) is 0 Å². The maximum Gasteiger partial charge on any atom is 0.159 e. The second-order valence-electron chi connectivity index (χ2n) is 6.32. The summed E-state index contributed by atoms with van der Waals surface area (Å²) in [6.07, 6.45) is 7.79. The Kier molecular flexibility index (Phi) is 6.56. The first-order chi connectivity index (χ1) is 12.9. The third kappa shape index (κ3) is 5.04. The van der Waals surface area contributed by atoms with E-state index in [0.717, 1.165) is 34.6 Å². The fourth-order valence-corrected chi connectivity index (χ4v) is 2.81. The van der Waals surface area contributed by atoms with E-state index in [9.17, 15) is 0 Å². The number of benzene rings is 2. The van der Waals surface area contributed by atoms with Crippen molar-refractivity contribution >= 4 is 0 Å². The van der Waals surface area contributed by atoms with Crippen molar-refractivity contribution in [3.8, 4) is 34.5 Å². The molecular weight excluding hydrogens is 316 g/mol. The molecule has 0 aliphatic rings. The highest BCUT2D eigenvalue weighted by molar-refractivity contribution is 5.64. The normalized spacial score (nSPS) is 10.2. The maximum atomic E-state index is 4.73. The monoisotopic (exact) mass is 340 g/mol. The van der Waals surface area contributed by atoms with Gasteiger partial charge in [-0.1, -0.05) is 80.5 Å². The zero-order chi connectivity index (χ0) is 18.0. The van der Waals surface area contributed by atoms with Crippen molar-refractivity contribution in [2.24, 2.45) is 0 Å². The number of hydrogen-bond acceptors (Lipinski definition) is 2. The van der Waals surface area contributed by atoms with Crippen molar-refractivity contribution in [1.82, 2.24) is 9.97 Å². The molecule has 0 aliphatic carbocycles. The third-order valence-electron chi connectivity index (χ3n) is 4.23. The fraction of sp³-hybridized carbons (Fsp3) is 0.250. The second-order valence-corrected chi connectivity index (χ2v) is 6.32. The topological polar surface area (TPSA) is 25.8 Å². The van der Waals surface area contributed by atoms with Crippen molar-refractivity contribution < 1.29 is 0 Å². The van der Waals surface area contributed by atoms with Crippen LogP contribution in [0.15, 0.2) is 66.9 Å². The lowest BCUT2D eigenvalue weighted by atomic mass is 10.1. The molecule has 0 unspecified atom stereocenters. The third-order valence-corrected chi connectivity index (χ3v) is 4.23. The van der Waals surface area contributed by atoms with Crippen LogP contribution in [0.2, 0.25) is 0 Å². The predicted molar refractivity (Wildman–Crippen MR) is 109 cm³/mol. The number of nitrogens with zero attached hydrogens (tertiary/aromatic N) is 2. The van der Waals surface area contributed by atoms with Gasteiger partial charge in [0.05, 0.1) is 5.69 Å². The molecule has 0 bridgehead atoms. The van der Waals surface area contributed by atoms with Gasteiger partial charge in [-0.15, -0.1) is 0 Å². The zero-order valence-electron chi connectivity index (χ0n) is 15.3. The second kappa shape index (κ2) is 9.53. The summed E-state index contributed by atoms with van der Waals surface area (Å²) >= 11 is 0. The average molecular weight is 340 g/mol. The van der Waals surface area contributed by atoms with E-state index in [4.69, 9.17) is 4.98 Å². The van der Waals surface area contributed by atoms with Crippen molar-refractivity contribution in [1.29, 1.82) is 0 Å². The van der Waals surface area contributed by atoms with Crippen LogP contribution in [0.1, 0.15) is 44.6 Å². The Balaban J connectivity index is 1.75. The Hall–Kier alpha value is -2.92. The van der Waals surface area contributed by atoms with E-state index >= 15 is 0 Å². The van der Waals surface area contributed by atoms with Crippen LogP contribution in [-0.2, 0) is 0 Å². The van der Waals surface area contributed by atoms with Crippen LogP contribution in [0.3, 0.4) is 0 Å². The predicted octanol–water partition coefficient (Wildman–Crippen LogP) is 6.13. The minimum Gasteiger partial charge on any atom is -0.237 e. The molecule has 0 saturated heterocycles. The highest BCUT2D eigenvalue weighted by Gasteiger charge is 2.05. The fourth-order valence-electron chi connectivity index (χ4n) is 2.81. The van der Waals surface area contributed by atoms with Gasteiger partial charge in [-0.25, -0.2) is 9.97 Å². The van der Waals surface area contributed by atoms with E-state index in [-0.39, 0.29) is 0 Å². The maximum absolute atomic E-state index is 4.73. The Morgan fingerprint density at radius 2 is 1.69 bits per heavy atom. The van der Waals surface area contributed by atoms with Crippen LogP contribution >= 0.6 is 0 Å². The van der Waals surface area contributed by atoms with E-state index in [1.807, 2.05) is 48.7 Å². The molecule has 3 aromatic rings. The highest BCUT2D eigenvalue weighted by Crippen LogP contribution is 2.21. The summed E-state index contributed by atoms with van der Waals surface area (Å²) in [6.45, 7) is 2.23. The molecule has 2 heteroatoms. The molecule has 1 heterocycles. The van der Waals surface area contributed by atoms with Crippen molar-refractivity contribution in [3.05, 3.63) is 72.4 Å². The Labute approximate surface area is 156 Å². The molecular formula is C24H24N2. The van der Waals surface area contributed by atoms with Gasteiger partial charge in [-0.05, 0) is 24.6 Å². The summed E-state index contributed by atoms with van der Waals surface area (Å²) in [5.74, 6) is 7.29. The molecule has 1 aromatic heterocycles. The molecule has 3 rings (SSSR count). The van der Waals surface area contributed by atoms with E-state index in [2.05, 4.69) is 41.9 Å². The molecule has 0 amide bonds. The molecule has 0 spiro atoms. The van der Waals surface area contributed by atoms with E-state index in [1.54, 1.807) is 0 Å². The minimum atomic E-state index is 0.734. The summed E-state index contributed by atoms with van der Waals surface area (Å²) in [5, 5.41) is 0. The largest absolute Gasteiger partial charge is 0.237 e. The number of aromatic nitrogens is 2. The van der Waals surface area contributed by atoms with Crippen LogP contribution < -0.4 is 0 Å². The lowest BCUT2D eigenvalue weighted by molar-refractivity contribution is 0.679. The summed E-state index contributed by atoms with van der Waals surface area (Å²) in [6, 6.07) is 20.3. The number of hydrogen-bond donors (Lipinski definition) is 0. The van der Waals surface area contributed by atoms with E-state index < -0.39 is 0 Å². The van der Waals surface area contributed by atoms with Crippen molar-refractivity contribution in [2.45, 2.75) is 39.0 Å². The molecule has 0 N–H and O–H groups in total. The van der Waals surface area contributed by atoms with Crippen LogP contribution in [-0.4, -0.2) is 9.97 Å². The van der Waals surface area contributed by atoms with Crippen LogP contribution in [0.5, 0.6) is 0 Å². The van der Waals surface area contributed by atoms with Crippen LogP contribution in [0, 0.1) is 11.8 Å². The number of unbranched alkanes of at least 4 members (excludes halogenated alkanes) is 4. The zero-order valence-corrected chi connectivity index (χ0v) is 15.3. The summed E-state index contributed by atoms with van der Waals surface area (Å²) in [5.41, 5.74) is 4.05. The van der Waals surface area contributed by atoms with E-state index in [0.29, 0.717) is 0 Å². The van der Waals surface area contributed by atoms with Crippen LogP contribution in [0.4, 0.5) is 0 Å². The summed E-state index contributed by atoms with van der Waals surface area (Å²) in [7, 11) is 0. The quantitative estimate of drug-likeness (QED) is 0.398. The standard InChI is InChI=1S/C24H24N2/c1-2-3-4-5-6-8-12-20-13-11-16-22(19-20)24-25-18-17-23(26-24)21-14-9-7-10-15-21/h7,9-11,13-19H,2-6H2,1H3. The van der Waals surface area contributed by atoms with Gasteiger partial charge >= 0.3 is 0 Å². The van der Waals surface area contributed by atoms with Gasteiger partial charge < -0.3 is 0 Å². The molecule has 0 fully saturated rings. The van der Waals surface area contributed by atoms with Gasteiger partial charge in [-0.3, -0.25) is 0 Å². The first kappa shape index (κ1) is 17.9. The molecule has 0 saturated carbocycles. The Morgan fingerprint density at radius 1 is 0.846 bits per heavy atom. The molecule has 2 aromatic carbocycles. The van der Waals surface area contributed by atoms with Gasteiger partial charge in [0.15, 0.2) is 5.82 Å². The number of rotatable bonds is 6. The van der Waals surface area contributed by atoms with Crippen molar-refractivity contribution in [3.63, 3.8) is 0 Å². The molecule has 2 nitrogen and oxygen atoms in total. The molecule has 0 atom stereocenters. The smallest absolute Gasteiger partial charge is 0.159 e. The first-order valence-corrected chi connectivity index (χ1v) is 9.34. The summed E-state index contributed by atoms with van der Waals surface area (Å²) in [4.78, 5) is 9.17. The Bertz CT molecular complexity index is 889. The lowest BCUT2D eigenvalue weighted by Gasteiger charge is -2.04. The van der Waals surface area contributed by atoms with Crippen LogP contribution in [0.25, 0.3) is 22.6 Å². The lowest BCUT2D eigenvalue weighted by Crippen LogP contribution is -1.92. The SMILES string of the molecule is CCCCCCC#Cc1cccc(-c2nccc(-c3ccccc3)n2)c1. The molecule has 0 aliphatic heterocycles. The first-order valence-electron chi connectivity index (χ1n) is 9.34. The molecule has 130 valence electrons. The van der Waals surface area contributed by atoms with Gasteiger partial charge in [0, 0.05) is 29.3 Å². The molecule has 0 radical (unpaired) electrons.